The highest BCUT2D eigenvalue weighted by atomic mass is 32.1. The number of hydrogen-bond acceptors (Lipinski definition) is 5. The normalized spacial score (nSPS) is 23.8. The Morgan fingerprint density at radius 3 is 2.26 bits per heavy atom. The number of methoxy groups -OCH3 is 1. The van der Waals surface area contributed by atoms with Gasteiger partial charge in [-0.2, -0.15) is 4.37 Å². The molecular weight excluding hydrogens is 617 g/mol. The van der Waals surface area contributed by atoms with Crippen molar-refractivity contribution in [2.45, 2.75) is 128 Å². The van der Waals surface area contributed by atoms with Gasteiger partial charge in [-0.3, -0.25) is 4.79 Å². The fraction of sp³-hybridized carbons (Fsp3) is 0.600. The predicted octanol–water partition coefficient (Wildman–Crippen LogP) is 10.9. The number of carbonyl (C=O) groups excluding carboxylic acids is 1. The molecule has 0 atom stereocenters. The minimum Gasteiger partial charge on any atom is -0.496 e. The number of carbonyl (C=O) groups is 1. The van der Waals surface area contributed by atoms with Gasteiger partial charge in [0.05, 0.1) is 17.7 Å². The Kier molecular flexibility index (Phi) is 10.4. The van der Waals surface area contributed by atoms with Gasteiger partial charge < -0.3 is 14.1 Å². The van der Waals surface area contributed by atoms with Gasteiger partial charge >= 0.3 is 0 Å². The maximum Gasteiger partial charge on any atom is 0.230 e. The van der Waals surface area contributed by atoms with Crippen molar-refractivity contribution < 1.29 is 14.0 Å². The van der Waals surface area contributed by atoms with Gasteiger partial charge in [-0.25, -0.2) is 0 Å². The third-order valence-electron chi connectivity index (χ3n) is 11.7. The molecule has 1 aromatic heterocycles. The number of aromatic nitrogens is 1. The molecule has 0 saturated heterocycles. The molecule has 0 spiro atoms. The molecule has 7 heteroatoms. The Morgan fingerprint density at radius 2 is 1.62 bits per heavy atom. The van der Waals surface area contributed by atoms with Crippen molar-refractivity contribution in [3.8, 4) is 16.2 Å². The van der Waals surface area contributed by atoms with E-state index >= 15 is 0 Å². The molecule has 3 aliphatic rings. The summed E-state index contributed by atoms with van der Waals surface area (Å²) in [6.45, 7) is 14.6. The maximum atomic E-state index is 14.5. The Balaban J connectivity index is 1.17. The smallest absolute Gasteiger partial charge is 0.230 e. The van der Waals surface area contributed by atoms with Crippen molar-refractivity contribution in [1.82, 2.24) is 4.37 Å². The van der Waals surface area contributed by atoms with Gasteiger partial charge in [-0.15, -0.1) is 0 Å². The van der Waals surface area contributed by atoms with Gasteiger partial charge in [0.25, 0.3) is 0 Å². The molecule has 3 aromatic rings. The average molecular weight is 673 g/mol. The number of anilines is 1. The molecule has 3 fully saturated rings. The Bertz CT molecular complexity index is 1520. The summed E-state index contributed by atoms with van der Waals surface area (Å²) >= 11 is 1.60. The van der Waals surface area contributed by atoms with E-state index in [1.54, 1.807) is 18.6 Å². The predicted molar refractivity (Wildman–Crippen MR) is 198 cm³/mol. The van der Waals surface area contributed by atoms with Crippen LogP contribution in [0, 0.1) is 18.8 Å². The van der Waals surface area contributed by atoms with Crippen LogP contribution in [0.3, 0.4) is 0 Å². The van der Waals surface area contributed by atoms with E-state index in [0.717, 1.165) is 56.5 Å². The first-order valence-electron chi connectivity index (χ1n) is 18.1. The molecule has 3 saturated carbocycles. The van der Waals surface area contributed by atoms with E-state index in [1.165, 1.54) is 52.9 Å². The molecule has 2 aromatic carbocycles. The number of aryl methyl sites for hydroxylation is 1. The molecule has 0 radical (unpaired) electrons. The van der Waals surface area contributed by atoms with Crippen LogP contribution in [-0.4, -0.2) is 38.4 Å². The average Bonchev–Trinajstić information content (AvgIpc) is 3.79. The molecule has 1 heterocycles. The molecule has 1 amide bonds. The lowest BCUT2D eigenvalue weighted by molar-refractivity contribution is -0.124. The van der Waals surface area contributed by atoms with Gasteiger partial charge in [0.15, 0.2) is 8.32 Å². The highest BCUT2D eigenvalue weighted by Gasteiger charge is 2.41. The minimum absolute atomic E-state index is 0.0569. The van der Waals surface area contributed by atoms with Gasteiger partial charge in [0, 0.05) is 30.2 Å². The van der Waals surface area contributed by atoms with Crippen LogP contribution in [0.2, 0.25) is 18.1 Å². The SMILES string of the molecule is COc1ccc([C@H]2CC[C@H](CN(c3cccc(-c4cc(C5CC5)ns4)c3)C(=O)[C@H]3CC[C@H](O[Si](C)(C)C(C)(C)C)CC3)CC2)cc1C. The molecule has 0 unspecified atom stereocenters. The first kappa shape index (κ1) is 34.4. The quantitative estimate of drug-likeness (QED) is 0.201. The minimum atomic E-state index is -1.83. The Morgan fingerprint density at radius 1 is 0.915 bits per heavy atom. The fourth-order valence-corrected chi connectivity index (χ4v) is 9.71. The summed E-state index contributed by atoms with van der Waals surface area (Å²) in [4.78, 5) is 17.9. The fourth-order valence-electron chi connectivity index (χ4n) is 7.48. The van der Waals surface area contributed by atoms with Crippen molar-refractivity contribution >= 4 is 31.4 Å². The second kappa shape index (κ2) is 14.2. The summed E-state index contributed by atoms with van der Waals surface area (Å²) in [5.41, 5.74) is 6.09. The molecule has 254 valence electrons. The van der Waals surface area contributed by atoms with Gasteiger partial charge in [0.1, 0.15) is 5.75 Å². The summed E-state index contributed by atoms with van der Waals surface area (Å²) in [7, 11) is -0.0862. The molecule has 0 aliphatic heterocycles. The number of benzene rings is 2. The zero-order chi connectivity index (χ0) is 33.3. The van der Waals surface area contributed by atoms with Crippen LogP contribution in [0.4, 0.5) is 5.69 Å². The van der Waals surface area contributed by atoms with E-state index in [1.807, 2.05) is 0 Å². The summed E-state index contributed by atoms with van der Waals surface area (Å²) in [6, 6.07) is 17.7. The first-order chi connectivity index (χ1) is 22.4. The lowest BCUT2D eigenvalue weighted by Gasteiger charge is -2.41. The monoisotopic (exact) mass is 672 g/mol. The molecule has 6 rings (SSSR count). The molecular formula is C40H56N2O3SSi. The molecule has 0 N–H and O–H groups in total. The van der Waals surface area contributed by atoms with E-state index in [4.69, 9.17) is 13.5 Å². The summed E-state index contributed by atoms with van der Waals surface area (Å²) < 4.78 is 17.1. The Hall–Kier alpha value is -2.48. The first-order valence-corrected chi connectivity index (χ1v) is 21.8. The highest BCUT2D eigenvalue weighted by molar-refractivity contribution is 7.09. The van der Waals surface area contributed by atoms with Gasteiger partial charge in [-0.1, -0.05) is 45.0 Å². The van der Waals surface area contributed by atoms with Gasteiger partial charge in [-0.05, 0) is 154 Å². The summed E-state index contributed by atoms with van der Waals surface area (Å²) in [6.07, 6.45) is 11.2. The van der Waals surface area contributed by atoms with Crippen LogP contribution >= 0.6 is 11.5 Å². The van der Waals surface area contributed by atoms with E-state index < -0.39 is 8.32 Å². The van der Waals surface area contributed by atoms with Crippen LogP contribution in [0.5, 0.6) is 5.75 Å². The zero-order valence-corrected chi connectivity index (χ0v) is 31.6. The van der Waals surface area contributed by atoms with Crippen LogP contribution in [0.15, 0.2) is 48.5 Å². The van der Waals surface area contributed by atoms with Crippen molar-refractivity contribution in [3.05, 3.63) is 65.4 Å². The van der Waals surface area contributed by atoms with E-state index in [2.05, 4.69) is 94.2 Å². The van der Waals surface area contributed by atoms with Crippen molar-refractivity contribution in [3.63, 3.8) is 0 Å². The number of amides is 1. The van der Waals surface area contributed by atoms with E-state index in [-0.39, 0.29) is 17.1 Å². The molecule has 0 bridgehead atoms. The van der Waals surface area contributed by atoms with Crippen molar-refractivity contribution in [2.24, 2.45) is 11.8 Å². The van der Waals surface area contributed by atoms with Crippen molar-refractivity contribution in [2.75, 3.05) is 18.6 Å². The topological polar surface area (TPSA) is 51.7 Å². The highest BCUT2D eigenvalue weighted by Crippen LogP contribution is 2.44. The van der Waals surface area contributed by atoms with Crippen LogP contribution in [-0.2, 0) is 9.22 Å². The number of ether oxygens (including phenoxy) is 1. The summed E-state index contributed by atoms with van der Waals surface area (Å²) in [5, 5.41) is 0.199. The van der Waals surface area contributed by atoms with Crippen molar-refractivity contribution in [1.29, 1.82) is 0 Å². The number of hydrogen-bond donors (Lipinski definition) is 0. The Labute approximate surface area is 288 Å². The van der Waals surface area contributed by atoms with E-state index in [9.17, 15) is 4.79 Å². The van der Waals surface area contributed by atoms with Crippen LogP contribution in [0.1, 0.15) is 114 Å². The second-order valence-corrected chi connectivity index (χ2v) is 21.7. The third kappa shape index (κ3) is 8.05. The third-order valence-corrected chi connectivity index (χ3v) is 17.1. The number of nitrogens with zero attached hydrogens (tertiary/aromatic N) is 2. The zero-order valence-electron chi connectivity index (χ0n) is 29.8. The molecule has 3 aliphatic carbocycles. The maximum absolute atomic E-state index is 14.5. The standard InChI is InChI=1S/C40H56N2O3SSi/c1-27-23-32(19-22-37(27)44-5)29-13-11-28(12-14-29)26-42(34-10-8-9-33(24-34)38-25-36(41-46-38)30-15-16-30)39(43)31-17-20-35(21-18-31)45-47(6,7)40(2,3)4/h8-10,19,22-25,28-31,35H,11-18,20-21,26H2,1-7H3/t28-,29-,31-,35-. The molecule has 47 heavy (non-hydrogen) atoms. The van der Waals surface area contributed by atoms with Gasteiger partial charge in [0.2, 0.25) is 5.91 Å². The van der Waals surface area contributed by atoms with E-state index in [0.29, 0.717) is 23.7 Å². The van der Waals surface area contributed by atoms with Crippen LogP contribution < -0.4 is 9.64 Å². The molecule has 5 nitrogen and oxygen atoms in total. The lowest BCUT2D eigenvalue weighted by Crippen LogP contribution is -2.46. The number of rotatable bonds is 10. The lowest BCUT2D eigenvalue weighted by atomic mass is 9.78. The van der Waals surface area contributed by atoms with Crippen LogP contribution in [0.25, 0.3) is 10.4 Å². The largest absolute Gasteiger partial charge is 0.496 e. The summed E-state index contributed by atoms with van der Waals surface area (Å²) in [5.74, 6) is 3.05. The second-order valence-electron chi connectivity index (χ2n) is 16.2.